The number of carbonyl (C=O) groups is 2. The highest BCUT2D eigenvalue weighted by Crippen LogP contribution is 2.16. The van der Waals surface area contributed by atoms with Crippen LogP contribution in [0.1, 0.15) is 27.2 Å². The first-order valence-electron chi connectivity index (χ1n) is 11.8. The summed E-state index contributed by atoms with van der Waals surface area (Å²) in [4.78, 5) is 49.5. The molecule has 0 saturated heterocycles. The zero-order valence-electron chi connectivity index (χ0n) is 21.1. The van der Waals surface area contributed by atoms with Crippen molar-refractivity contribution < 1.29 is 14.5 Å². The van der Waals surface area contributed by atoms with E-state index in [4.69, 9.17) is 0 Å². The van der Waals surface area contributed by atoms with Gasteiger partial charge in [-0.1, -0.05) is 48.5 Å². The van der Waals surface area contributed by atoms with Crippen molar-refractivity contribution in [3.63, 3.8) is 0 Å². The Bertz CT molecular complexity index is 1650. The Morgan fingerprint density at radius 2 is 1.64 bits per heavy atom. The SMILES string of the molecule is Cc1c(C=NNC(=O)C(=Cc2cccc([N+](=O)[O-])c2)NC(=O)c2ccccc2)c(=O)n(-c2ccccc2)n1C. The van der Waals surface area contributed by atoms with Gasteiger partial charge < -0.3 is 5.32 Å². The van der Waals surface area contributed by atoms with Gasteiger partial charge in [0, 0.05) is 30.4 Å². The number of hydrogen-bond acceptors (Lipinski definition) is 6. The van der Waals surface area contributed by atoms with Gasteiger partial charge in [-0.05, 0) is 42.8 Å². The molecule has 0 aliphatic heterocycles. The molecule has 1 heterocycles. The predicted octanol–water partition coefficient (Wildman–Crippen LogP) is 3.31. The molecule has 11 nitrogen and oxygen atoms in total. The van der Waals surface area contributed by atoms with Crippen LogP contribution < -0.4 is 16.3 Å². The molecule has 0 atom stereocenters. The van der Waals surface area contributed by atoms with Crippen LogP contribution in [0.4, 0.5) is 5.69 Å². The maximum atomic E-state index is 13.1. The van der Waals surface area contributed by atoms with Crippen LogP contribution in [0.2, 0.25) is 0 Å². The lowest BCUT2D eigenvalue weighted by Crippen LogP contribution is -2.33. The Hall–Kier alpha value is -5.58. The number of carbonyl (C=O) groups excluding carboxylic acids is 2. The van der Waals surface area contributed by atoms with Crippen LogP contribution in [0.15, 0.2) is 101 Å². The Morgan fingerprint density at radius 1 is 0.974 bits per heavy atom. The van der Waals surface area contributed by atoms with E-state index in [1.54, 1.807) is 67.2 Å². The molecule has 39 heavy (non-hydrogen) atoms. The Morgan fingerprint density at radius 3 is 2.31 bits per heavy atom. The van der Waals surface area contributed by atoms with E-state index in [1.807, 2.05) is 18.2 Å². The van der Waals surface area contributed by atoms with Gasteiger partial charge in [0.05, 0.1) is 22.4 Å². The largest absolute Gasteiger partial charge is 0.317 e. The normalized spacial score (nSPS) is 11.4. The number of benzene rings is 3. The molecule has 4 rings (SSSR count). The summed E-state index contributed by atoms with van der Waals surface area (Å²) in [5.74, 6) is -1.35. The van der Waals surface area contributed by atoms with Crippen LogP contribution >= 0.6 is 0 Å². The van der Waals surface area contributed by atoms with E-state index in [0.29, 0.717) is 22.5 Å². The minimum absolute atomic E-state index is 0.176. The highest BCUT2D eigenvalue weighted by molar-refractivity contribution is 6.05. The number of hydrogen-bond donors (Lipinski definition) is 2. The summed E-state index contributed by atoms with van der Waals surface area (Å²) in [5, 5.41) is 17.7. The second kappa shape index (κ2) is 11.6. The fraction of sp³-hybridized carbons (Fsp3) is 0.0714. The Labute approximate surface area is 222 Å². The number of nitrogens with zero attached hydrogens (tertiary/aromatic N) is 4. The maximum Gasteiger partial charge on any atom is 0.287 e. The van der Waals surface area contributed by atoms with Gasteiger partial charge >= 0.3 is 0 Å². The van der Waals surface area contributed by atoms with Crippen LogP contribution in [0.25, 0.3) is 11.8 Å². The molecule has 0 fully saturated rings. The standard InChI is InChI=1S/C28H24N6O5/c1-19-24(28(37)33(32(19)2)22-13-7-4-8-14-22)18-29-31-27(36)25(30-26(35)21-11-5-3-6-12-21)17-20-10-9-15-23(16-20)34(38)39/h3-18H,1-2H3,(H,30,35)(H,31,36). The van der Waals surface area contributed by atoms with E-state index in [2.05, 4.69) is 15.8 Å². The summed E-state index contributed by atoms with van der Waals surface area (Å²) in [5.41, 5.74) is 3.79. The van der Waals surface area contributed by atoms with E-state index >= 15 is 0 Å². The van der Waals surface area contributed by atoms with Gasteiger partial charge in [0.2, 0.25) is 0 Å². The average Bonchev–Trinajstić information content (AvgIpc) is 3.16. The topological polar surface area (TPSA) is 141 Å². The number of rotatable bonds is 8. The Balaban J connectivity index is 1.62. The van der Waals surface area contributed by atoms with Crippen LogP contribution in [-0.2, 0) is 11.8 Å². The predicted molar refractivity (Wildman–Crippen MR) is 146 cm³/mol. The third-order valence-corrected chi connectivity index (χ3v) is 5.88. The molecule has 0 aliphatic rings. The summed E-state index contributed by atoms with van der Waals surface area (Å²) < 4.78 is 3.15. The number of para-hydroxylation sites is 1. The molecule has 0 bridgehead atoms. The zero-order chi connectivity index (χ0) is 27.9. The third-order valence-electron chi connectivity index (χ3n) is 5.88. The van der Waals surface area contributed by atoms with Crippen LogP contribution in [0.5, 0.6) is 0 Å². The van der Waals surface area contributed by atoms with Crippen molar-refractivity contribution in [3.05, 3.63) is 133 Å². The monoisotopic (exact) mass is 524 g/mol. The van der Waals surface area contributed by atoms with Gasteiger partial charge in [0.25, 0.3) is 23.1 Å². The lowest BCUT2D eigenvalue weighted by Gasteiger charge is -2.09. The fourth-order valence-electron chi connectivity index (χ4n) is 3.79. The van der Waals surface area contributed by atoms with E-state index < -0.39 is 16.7 Å². The molecule has 196 valence electrons. The quantitative estimate of drug-likeness (QED) is 0.157. The summed E-state index contributed by atoms with van der Waals surface area (Å²) in [6, 6.07) is 22.9. The molecule has 11 heteroatoms. The van der Waals surface area contributed by atoms with Crippen LogP contribution in [-0.4, -0.2) is 32.3 Å². The maximum absolute atomic E-state index is 13.1. The number of hydrazone groups is 1. The summed E-state index contributed by atoms with van der Waals surface area (Å²) >= 11 is 0. The van der Waals surface area contributed by atoms with Gasteiger partial charge in [-0.2, -0.15) is 5.10 Å². The molecule has 0 saturated carbocycles. The van der Waals surface area contributed by atoms with Crippen molar-refractivity contribution in [1.82, 2.24) is 20.1 Å². The number of amides is 2. The first-order valence-corrected chi connectivity index (χ1v) is 11.8. The van der Waals surface area contributed by atoms with Gasteiger partial charge in [-0.3, -0.25) is 29.2 Å². The second-order valence-corrected chi connectivity index (χ2v) is 8.40. The van der Waals surface area contributed by atoms with Crippen molar-refractivity contribution in [1.29, 1.82) is 0 Å². The van der Waals surface area contributed by atoms with Crippen molar-refractivity contribution in [3.8, 4) is 5.69 Å². The highest BCUT2D eigenvalue weighted by Gasteiger charge is 2.17. The molecule has 0 aliphatic carbocycles. The van der Waals surface area contributed by atoms with Crippen molar-refractivity contribution in [2.45, 2.75) is 6.92 Å². The molecule has 1 aromatic heterocycles. The van der Waals surface area contributed by atoms with E-state index in [-0.39, 0.29) is 22.5 Å². The van der Waals surface area contributed by atoms with Gasteiger partial charge in [0.1, 0.15) is 5.70 Å². The zero-order valence-corrected chi connectivity index (χ0v) is 21.1. The first-order chi connectivity index (χ1) is 18.8. The highest BCUT2D eigenvalue weighted by atomic mass is 16.6. The van der Waals surface area contributed by atoms with Crippen molar-refractivity contribution >= 4 is 29.8 Å². The number of aromatic nitrogens is 2. The van der Waals surface area contributed by atoms with Gasteiger partial charge in [-0.25, -0.2) is 10.1 Å². The number of nitro benzene ring substituents is 1. The van der Waals surface area contributed by atoms with Crippen molar-refractivity contribution in [2.24, 2.45) is 12.1 Å². The molecular formula is C28H24N6O5. The number of non-ortho nitro benzene ring substituents is 1. The summed E-state index contributed by atoms with van der Waals surface area (Å²) in [7, 11) is 1.73. The van der Waals surface area contributed by atoms with E-state index in [9.17, 15) is 24.5 Å². The van der Waals surface area contributed by atoms with E-state index in [0.717, 1.165) is 0 Å². The fourth-order valence-corrected chi connectivity index (χ4v) is 3.79. The van der Waals surface area contributed by atoms with Crippen LogP contribution in [0.3, 0.4) is 0 Å². The molecule has 0 radical (unpaired) electrons. The number of nitrogens with one attached hydrogen (secondary N) is 2. The third kappa shape index (κ3) is 6.05. The molecule has 0 spiro atoms. The lowest BCUT2D eigenvalue weighted by atomic mass is 10.1. The summed E-state index contributed by atoms with van der Waals surface area (Å²) in [6.45, 7) is 1.75. The molecule has 4 aromatic rings. The minimum Gasteiger partial charge on any atom is -0.317 e. The smallest absolute Gasteiger partial charge is 0.287 e. The van der Waals surface area contributed by atoms with Gasteiger partial charge in [0.15, 0.2) is 0 Å². The molecule has 0 unspecified atom stereocenters. The summed E-state index contributed by atoms with van der Waals surface area (Å²) in [6.07, 6.45) is 2.54. The number of nitro groups is 1. The molecule has 2 N–H and O–H groups in total. The second-order valence-electron chi connectivity index (χ2n) is 8.40. The molecular weight excluding hydrogens is 500 g/mol. The van der Waals surface area contributed by atoms with Crippen LogP contribution in [0, 0.1) is 17.0 Å². The lowest BCUT2D eigenvalue weighted by molar-refractivity contribution is -0.384. The minimum atomic E-state index is -0.793. The first kappa shape index (κ1) is 26.5. The average molecular weight is 525 g/mol. The molecule has 3 aromatic carbocycles. The van der Waals surface area contributed by atoms with E-state index in [1.165, 1.54) is 35.2 Å². The van der Waals surface area contributed by atoms with Crippen molar-refractivity contribution in [2.75, 3.05) is 0 Å². The molecule has 2 amide bonds. The Kier molecular flexibility index (Phi) is 7.91. The van der Waals surface area contributed by atoms with Gasteiger partial charge in [-0.15, -0.1) is 0 Å².